The van der Waals surface area contributed by atoms with Crippen molar-refractivity contribution >= 4 is 5.96 Å². The van der Waals surface area contributed by atoms with Crippen molar-refractivity contribution < 1.29 is 9.26 Å². The molecule has 1 aromatic rings. The van der Waals surface area contributed by atoms with Crippen molar-refractivity contribution in [2.75, 3.05) is 13.7 Å². The van der Waals surface area contributed by atoms with E-state index in [1.165, 1.54) is 32.1 Å². The van der Waals surface area contributed by atoms with Gasteiger partial charge in [0.05, 0.1) is 11.8 Å². The van der Waals surface area contributed by atoms with E-state index in [0.29, 0.717) is 18.7 Å². The van der Waals surface area contributed by atoms with E-state index >= 15 is 0 Å². The van der Waals surface area contributed by atoms with Gasteiger partial charge in [-0.1, -0.05) is 24.4 Å². The van der Waals surface area contributed by atoms with Gasteiger partial charge in [0.1, 0.15) is 5.76 Å². The third-order valence-corrected chi connectivity index (χ3v) is 6.09. The van der Waals surface area contributed by atoms with Crippen molar-refractivity contribution in [2.24, 2.45) is 10.4 Å². The molecule has 3 rings (SSSR count). The number of guanidine groups is 1. The molecule has 2 N–H and O–H groups in total. The summed E-state index contributed by atoms with van der Waals surface area (Å²) in [6.07, 6.45) is 7.97. The highest BCUT2D eigenvalue weighted by atomic mass is 16.5. The summed E-state index contributed by atoms with van der Waals surface area (Å²) in [4.78, 5) is 4.42. The highest BCUT2D eigenvalue weighted by molar-refractivity contribution is 5.80. The second-order valence-electron chi connectivity index (χ2n) is 7.40. The van der Waals surface area contributed by atoms with E-state index in [-0.39, 0.29) is 5.41 Å². The van der Waals surface area contributed by atoms with Gasteiger partial charge in [0.15, 0.2) is 5.96 Å². The molecule has 6 heteroatoms. The molecule has 0 radical (unpaired) electrons. The van der Waals surface area contributed by atoms with Gasteiger partial charge in [0.25, 0.3) is 0 Å². The molecule has 6 nitrogen and oxygen atoms in total. The SMILES string of the molecule is CCOC1CC(NC(=NC)NCc2c(C)noc2C)C12CCCCC2. The minimum atomic E-state index is 0.287. The number of aliphatic imine (C=N–C) groups is 1. The normalized spacial score (nSPS) is 25.7. The van der Waals surface area contributed by atoms with E-state index in [0.717, 1.165) is 36.0 Å². The Labute approximate surface area is 150 Å². The molecule has 2 aliphatic carbocycles. The molecular weight excluding hydrogens is 316 g/mol. The Balaban J connectivity index is 1.61. The molecule has 2 unspecified atom stereocenters. The maximum absolute atomic E-state index is 6.05. The molecule has 0 aliphatic heterocycles. The van der Waals surface area contributed by atoms with Crippen LogP contribution in [0.15, 0.2) is 9.52 Å². The zero-order valence-electron chi connectivity index (χ0n) is 16.0. The van der Waals surface area contributed by atoms with Gasteiger partial charge in [-0.15, -0.1) is 0 Å². The quantitative estimate of drug-likeness (QED) is 0.632. The first-order chi connectivity index (χ1) is 12.1. The van der Waals surface area contributed by atoms with Crippen LogP contribution in [0, 0.1) is 19.3 Å². The van der Waals surface area contributed by atoms with Crippen LogP contribution in [0.1, 0.15) is 62.5 Å². The van der Waals surface area contributed by atoms with Crippen molar-refractivity contribution in [1.29, 1.82) is 0 Å². The van der Waals surface area contributed by atoms with Gasteiger partial charge in [-0.25, -0.2) is 0 Å². The Morgan fingerprint density at radius 1 is 1.32 bits per heavy atom. The van der Waals surface area contributed by atoms with Crippen LogP contribution >= 0.6 is 0 Å². The number of hydrogen-bond acceptors (Lipinski definition) is 4. The van der Waals surface area contributed by atoms with Crippen molar-refractivity contribution in [3.05, 3.63) is 17.0 Å². The lowest BCUT2D eigenvalue weighted by Gasteiger charge is -2.57. The summed E-state index contributed by atoms with van der Waals surface area (Å²) < 4.78 is 11.3. The van der Waals surface area contributed by atoms with Crippen LogP contribution in [0.2, 0.25) is 0 Å². The fraction of sp³-hybridized carbons (Fsp3) is 0.789. The predicted molar refractivity (Wildman–Crippen MR) is 98.6 cm³/mol. The second kappa shape index (κ2) is 7.77. The zero-order chi connectivity index (χ0) is 17.9. The summed E-state index contributed by atoms with van der Waals surface area (Å²) in [5.74, 6) is 1.72. The van der Waals surface area contributed by atoms with Crippen LogP contribution < -0.4 is 10.6 Å². The topological polar surface area (TPSA) is 71.7 Å². The van der Waals surface area contributed by atoms with Crippen molar-refractivity contribution in [3.63, 3.8) is 0 Å². The van der Waals surface area contributed by atoms with Gasteiger partial charge >= 0.3 is 0 Å². The Kier molecular flexibility index (Phi) is 5.67. The van der Waals surface area contributed by atoms with Crippen LogP contribution in [-0.4, -0.2) is 36.9 Å². The molecule has 0 amide bonds. The number of ether oxygens (including phenoxy) is 1. The molecule has 0 aromatic carbocycles. The van der Waals surface area contributed by atoms with Gasteiger partial charge in [0, 0.05) is 37.2 Å². The first-order valence-corrected chi connectivity index (χ1v) is 9.61. The van der Waals surface area contributed by atoms with Crippen LogP contribution in [0.4, 0.5) is 0 Å². The fourth-order valence-electron chi connectivity index (χ4n) is 4.55. The van der Waals surface area contributed by atoms with Crippen LogP contribution in [-0.2, 0) is 11.3 Å². The zero-order valence-corrected chi connectivity index (χ0v) is 16.0. The van der Waals surface area contributed by atoms with E-state index in [2.05, 4.69) is 27.7 Å². The number of nitrogens with zero attached hydrogens (tertiary/aromatic N) is 2. The third-order valence-electron chi connectivity index (χ3n) is 6.09. The van der Waals surface area contributed by atoms with Crippen LogP contribution in [0.25, 0.3) is 0 Å². The molecule has 2 atom stereocenters. The molecule has 2 fully saturated rings. The summed E-state index contributed by atoms with van der Waals surface area (Å²) in [5, 5.41) is 11.1. The molecule has 25 heavy (non-hydrogen) atoms. The van der Waals surface area contributed by atoms with E-state index in [1.807, 2.05) is 20.9 Å². The number of aromatic nitrogens is 1. The first-order valence-electron chi connectivity index (χ1n) is 9.61. The monoisotopic (exact) mass is 348 g/mol. The lowest BCUT2D eigenvalue weighted by atomic mass is 9.55. The first kappa shape index (κ1) is 18.2. The number of rotatable bonds is 5. The van der Waals surface area contributed by atoms with Gasteiger partial charge in [-0.3, -0.25) is 4.99 Å². The molecule has 2 saturated carbocycles. The summed E-state index contributed by atoms with van der Waals surface area (Å²) >= 11 is 0. The van der Waals surface area contributed by atoms with E-state index in [1.54, 1.807) is 0 Å². The van der Waals surface area contributed by atoms with Crippen LogP contribution in [0.5, 0.6) is 0 Å². The predicted octanol–water partition coefficient (Wildman–Crippen LogP) is 3.08. The molecule has 140 valence electrons. The van der Waals surface area contributed by atoms with Gasteiger partial charge < -0.3 is 19.9 Å². The van der Waals surface area contributed by atoms with E-state index in [9.17, 15) is 0 Å². The minimum Gasteiger partial charge on any atom is -0.378 e. The summed E-state index contributed by atoms with van der Waals surface area (Å²) in [7, 11) is 1.83. The smallest absolute Gasteiger partial charge is 0.191 e. The average molecular weight is 348 g/mol. The molecule has 1 spiro atoms. The Morgan fingerprint density at radius 2 is 2.08 bits per heavy atom. The third kappa shape index (κ3) is 3.54. The largest absolute Gasteiger partial charge is 0.378 e. The summed E-state index contributed by atoms with van der Waals surface area (Å²) in [6.45, 7) is 7.50. The average Bonchev–Trinajstić information content (AvgIpc) is 2.95. The molecular formula is C19H32N4O2. The molecule has 1 heterocycles. The number of hydrogen-bond donors (Lipinski definition) is 2. The van der Waals surface area contributed by atoms with Crippen molar-refractivity contribution in [3.8, 4) is 0 Å². The maximum Gasteiger partial charge on any atom is 0.191 e. The van der Waals surface area contributed by atoms with Crippen molar-refractivity contribution in [2.45, 2.75) is 78.0 Å². The fourth-order valence-corrected chi connectivity index (χ4v) is 4.55. The summed E-state index contributed by atoms with van der Waals surface area (Å²) in [5.41, 5.74) is 2.33. The Hall–Kier alpha value is -1.56. The van der Waals surface area contributed by atoms with Crippen LogP contribution in [0.3, 0.4) is 0 Å². The minimum absolute atomic E-state index is 0.287. The molecule has 0 saturated heterocycles. The molecule has 1 aromatic heterocycles. The lowest BCUT2D eigenvalue weighted by molar-refractivity contribution is -0.145. The molecule has 2 aliphatic rings. The Morgan fingerprint density at radius 3 is 2.68 bits per heavy atom. The van der Waals surface area contributed by atoms with E-state index < -0.39 is 0 Å². The maximum atomic E-state index is 6.05. The number of aryl methyl sites for hydroxylation is 2. The van der Waals surface area contributed by atoms with E-state index in [4.69, 9.17) is 9.26 Å². The highest BCUT2D eigenvalue weighted by Crippen LogP contribution is 2.53. The van der Waals surface area contributed by atoms with Gasteiger partial charge in [0.2, 0.25) is 0 Å². The second-order valence-corrected chi connectivity index (χ2v) is 7.40. The van der Waals surface area contributed by atoms with Gasteiger partial charge in [-0.2, -0.15) is 0 Å². The van der Waals surface area contributed by atoms with Gasteiger partial charge in [-0.05, 0) is 40.0 Å². The Bertz CT molecular complexity index is 585. The lowest BCUT2D eigenvalue weighted by Crippen LogP contribution is -2.66. The number of nitrogens with one attached hydrogen (secondary N) is 2. The summed E-state index contributed by atoms with van der Waals surface area (Å²) in [6, 6.07) is 0.445. The standard InChI is InChI=1S/C19H32N4O2/c1-5-24-17-11-16(19(17)9-7-6-8-10-19)22-18(20-4)21-12-15-13(2)23-25-14(15)3/h16-17H,5-12H2,1-4H3,(H2,20,21,22). The molecule has 0 bridgehead atoms. The van der Waals surface area contributed by atoms with Crippen molar-refractivity contribution in [1.82, 2.24) is 15.8 Å². The highest BCUT2D eigenvalue weighted by Gasteiger charge is 2.55.